The fourth-order valence-electron chi connectivity index (χ4n) is 2.55. The van der Waals surface area contributed by atoms with Crippen LogP contribution in [0.3, 0.4) is 0 Å². The molecule has 1 heterocycles. The van der Waals surface area contributed by atoms with E-state index in [9.17, 15) is 5.11 Å². The van der Waals surface area contributed by atoms with Crippen molar-refractivity contribution in [3.05, 3.63) is 12.2 Å². The minimum absolute atomic E-state index is 0.329. The lowest BCUT2D eigenvalue weighted by molar-refractivity contribution is -0.0166. The molecule has 0 amide bonds. The van der Waals surface area contributed by atoms with Crippen LogP contribution in [0.25, 0.3) is 0 Å². The Kier molecular flexibility index (Phi) is 2.68. The molecule has 0 aromatic rings. The zero-order valence-electron chi connectivity index (χ0n) is 10.1. The highest BCUT2D eigenvalue weighted by atomic mass is 16.3. The average Bonchev–Trinajstić information content (AvgIpc) is 1.98. The fraction of sp³-hybridized carbons (Fsp3) is 0.846. The summed E-state index contributed by atoms with van der Waals surface area (Å²) in [5.41, 5.74) is -0.192. The van der Waals surface area contributed by atoms with E-state index in [0.717, 1.165) is 25.9 Å². The summed E-state index contributed by atoms with van der Waals surface area (Å²) in [5.74, 6) is 1.06. The number of aliphatic hydroxyl groups is 1. The van der Waals surface area contributed by atoms with Gasteiger partial charge in [-0.1, -0.05) is 32.9 Å². The lowest BCUT2D eigenvalue weighted by Crippen LogP contribution is -2.55. The van der Waals surface area contributed by atoms with Crippen LogP contribution in [0.5, 0.6) is 0 Å². The Balaban J connectivity index is 2.04. The van der Waals surface area contributed by atoms with E-state index in [0.29, 0.717) is 17.3 Å². The van der Waals surface area contributed by atoms with Crippen molar-refractivity contribution in [3.8, 4) is 0 Å². The maximum absolute atomic E-state index is 10.4. The normalized spacial score (nSPS) is 37.7. The van der Waals surface area contributed by atoms with Crippen LogP contribution < -0.4 is 5.32 Å². The lowest BCUT2D eigenvalue weighted by Gasteiger charge is -2.44. The third kappa shape index (κ3) is 2.11. The van der Waals surface area contributed by atoms with Crippen LogP contribution >= 0.6 is 0 Å². The van der Waals surface area contributed by atoms with E-state index >= 15 is 0 Å². The van der Waals surface area contributed by atoms with Crippen molar-refractivity contribution in [3.63, 3.8) is 0 Å². The van der Waals surface area contributed by atoms with Gasteiger partial charge in [0.15, 0.2) is 0 Å². The second-order valence-corrected chi connectivity index (χ2v) is 6.22. The van der Waals surface area contributed by atoms with Gasteiger partial charge in [0, 0.05) is 19.0 Å². The van der Waals surface area contributed by atoms with E-state index in [1.54, 1.807) is 0 Å². The molecule has 1 saturated heterocycles. The van der Waals surface area contributed by atoms with Crippen LogP contribution in [0.1, 0.15) is 33.6 Å². The first-order valence-corrected chi connectivity index (χ1v) is 6.04. The van der Waals surface area contributed by atoms with Crippen molar-refractivity contribution >= 4 is 0 Å². The number of hydrogen-bond acceptors (Lipinski definition) is 2. The molecule has 0 aromatic heterocycles. The predicted octanol–water partition coefficient (Wildman–Crippen LogP) is 1.95. The van der Waals surface area contributed by atoms with Gasteiger partial charge in [-0.25, -0.2) is 0 Å². The monoisotopic (exact) mass is 209 g/mol. The summed E-state index contributed by atoms with van der Waals surface area (Å²) in [7, 11) is 0. The maximum Gasteiger partial charge on any atom is 0.0880 e. The van der Waals surface area contributed by atoms with Gasteiger partial charge in [0.25, 0.3) is 0 Å². The van der Waals surface area contributed by atoms with Crippen molar-refractivity contribution in [2.45, 2.75) is 39.2 Å². The summed E-state index contributed by atoms with van der Waals surface area (Å²) in [6.45, 7) is 8.77. The molecule has 86 valence electrons. The van der Waals surface area contributed by atoms with E-state index in [1.165, 1.54) is 0 Å². The molecular formula is C13H23NO. The van der Waals surface area contributed by atoms with Crippen LogP contribution in [0, 0.1) is 17.3 Å². The summed E-state index contributed by atoms with van der Waals surface area (Å²) < 4.78 is 0. The van der Waals surface area contributed by atoms with Crippen LogP contribution in [-0.2, 0) is 0 Å². The minimum atomic E-state index is -0.521. The molecule has 0 bridgehead atoms. The smallest absolute Gasteiger partial charge is 0.0880 e. The Morgan fingerprint density at radius 3 is 2.33 bits per heavy atom. The summed E-state index contributed by atoms with van der Waals surface area (Å²) in [5, 5.41) is 13.7. The molecule has 2 N–H and O–H groups in total. The molecule has 2 heteroatoms. The molecule has 15 heavy (non-hydrogen) atoms. The topological polar surface area (TPSA) is 32.3 Å². The minimum Gasteiger partial charge on any atom is -0.385 e. The SMILES string of the molecule is CC(C)(C)C1C=CC(O)(C2CNC2)CC1. The van der Waals surface area contributed by atoms with Gasteiger partial charge in [0.1, 0.15) is 0 Å². The number of hydrogen-bond donors (Lipinski definition) is 2. The van der Waals surface area contributed by atoms with Crippen molar-refractivity contribution in [1.29, 1.82) is 0 Å². The van der Waals surface area contributed by atoms with E-state index in [1.807, 2.05) is 0 Å². The third-order valence-electron chi connectivity index (χ3n) is 4.07. The van der Waals surface area contributed by atoms with E-state index < -0.39 is 5.60 Å². The van der Waals surface area contributed by atoms with Crippen molar-refractivity contribution in [1.82, 2.24) is 5.32 Å². The first kappa shape index (κ1) is 11.2. The molecule has 0 saturated carbocycles. The molecule has 2 nitrogen and oxygen atoms in total. The van der Waals surface area contributed by atoms with Crippen molar-refractivity contribution < 1.29 is 5.11 Å². The predicted molar refractivity (Wildman–Crippen MR) is 62.6 cm³/mol. The zero-order chi connectivity index (χ0) is 11.1. The maximum atomic E-state index is 10.4. The van der Waals surface area contributed by atoms with Crippen LogP contribution in [0.2, 0.25) is 0 Å². The first-order chi connectivity index (χ1) is 6.92. The fourth-order valence-corrected chi connectivity index (χ4v) is 2.55. The zero-order valence-corrected chi connectivity index (χ0v) is 10.1. The second kappa shape index (κ2) is 3.60. The largest absolute Gasteiger partial charge is 0.385 e. The molecule has 2 atom stereocenters. The van der Waals surface area contributed by atoms with Gasteiger partial charge in [-0.3, -0.25) is 0 Å². The molecule has 2 rings (SSSR count). The Bertz CT molecular complexity index is 262. The van der Waals surface area contributed by atoms with Gasteiger partial charge in [0.2, 0.25) is 0 Å². The molecule has 1 aliphatic carbocycles. The third-order valence-corrected chi connectivity index (χ3v) is 4.07. The van der Waals surface area contributed by atoms with Gasteiger partial charge < -0.3 is 10.4 Å². The highest BCUT2D eigenvalue weighted by molar-refractivity contribution is 5.14. The average molecular weight is 209 g/mol. The Morgan fingerprint density at radius 1 is 1.33 bits per heavy atom. The number of allylic oxidation sites excluding steroid dienone is 1. The van der Waals surface area contributed by atoms with Gasteiger partial charge in [-0.2, -0.15) is 0 Å². The first-order valence-electron chi connectivity index (χ1n) is 6.04. The van der Waals surface area contributed by atoms with Gasteiger partial charge in [0.05, 0.1) is 5.60 Å². The van der Waals surface area contributed by atoms with Crippen molar-refractivity contribution in [2.24, 2.45) is 17.3 Å². The van der Waals surface area contributed by atoms with E-state index in [2.05, 4.69) is 38.2 Å². The standard InChI is InChI=1S/C13H23NO/c1-12(2,3)10-4-6-13(15,7-5-10)11-8-14-9-11/h4,6,10-11,14-15H,5,7-9H2,1-3H3. The molecule has 1 aliphatic heterocycles. The molecule has 2 aliphatic rings. The molecule has 1 fully saturated rings. The molecule has 0 radical (unpaired) electrons. The van der Waals surface area contributed by atoms with E-state index in [-0.39, 0.29) is 0 Å². The summed E-state index contributed by atoms with van der Waals surface area (Å²) in [6.07, 6.45) is 6.35. The molecular weight excluding hydrogens is 186 g/mol. The Morgan fingerprint density at radius 2 is 2.00 bits per heavy atom. The Labute approximate surface area is 92.8 Å². The van der Waals surface area contributed by atoms with Gasteiger partial charge in [-0.15, -0.1) is 0 Å². The van der Waals surface area contributed by atoms with Gasteiger partial charge >= 0.3 is 0 Å². The van der Waals surface area contributed by atoms with Crippen LogP contribution in [0.4, 0.5) is 0 Å². The molecule has 0 spiro atoms. The number of rotatable bonds is 1. The van der Waals surface area contributed by atoms with Crippen LogP contribution in [0.15, 0.2) is 12.2 Å². The molecule has 2 unspecified atom stereocenters. The Hall–Kier alpha value is -0.340. The summed E-state index contributed by atoms with van der Waals surface area (Å²) in [6, 6.07) is 0. The highest BCUT2D eigenvalue weighted by Crippen LogP contribution is 2.40. The molecule has 0 aromatic carbocycles. The van der Waals surface area contributed by atoms with Gasteiger partial charge in [-0.05, 0) is 24.2 Å². The lowest BCUT2D eigenvalue weighted by atomic mass is 9.68. The second-order valence-electron chi connectivity index (χ2n) is 6.22. The van der Waals surface area contributed by atoms with Crippen LogP contribution in [-0.4, -0.2) is 23.8 Å². The summed E-state index contributed by atoms with van der Waals surface area (Å²) >= 11 is 0. The number of nitrogens with one attached hydrogen (secondary N) is 1. The quantitative estimate of drug-likeness (QED) is 0.647. The summed E-state index contributed by atoms with van der Waals surface area (Å²) in [4.78, 5) is 0. The van der Waals surface area contributed by atoms with Crippen molar-refractivity contribution in [2.75, 3.05) is 13.1 Å². The highest BCUT2D eigenvalue weighted by Gasteiger charge is 2.41. The van der Waals surface area contributed by atoms with E-state index in [4.69, 9.17) is 0 Å².